The van der Waals surface area contributed by atoms with Gasteiger partial charge in [-0.25, -0.2) is 9.48 Å². The van der Waals surface area contributed by atoms with Crippen molar-refractivity contribution in [2.75, 3.05) is 7.11 Å². The van der Waals surface area contributed by atoms with Crippen LogP contribution in [0.4, 0.5) is 0 Å². The van der Waals surface area contributed by atoms with Crippen molar-refractivity contribution in [3.63, 3.8) is 0 Å². The van der Waals surface area contributed by atoms with Crippen LogP contribution in [0.1, 0.15) is 37.2 Å². The lowest BCUT2D eigenvalue weighted by atomic mass is 10.0. The average molecular weight is 392 g/mol. The Morgan fingerprint density at radius 3 is 2.41 bits per heavy atom. The van der Waals surface area contributed by atoms with E-state index in [9.17, 15) is 9.59 Å². The van der Waals surface area contributed by atoms with Crippen molar-refractivity contribution in [1.82, 2.24) is 15.1 Å². The van der Waals surface area contributed by atoms with Crippen LogP contribution in [0, 0.1) is 19.8 Å². The second kappa shape index (κ2) is 9.04. The van der Waals surface area contributed by atoms with Crippen molar-refractivity contribution in [2.45, 2.75) is 46.6 Å². The molecule has 0 fully saturated rings. The summed E-state index contributed by atoms with van der Waals surface area (Å²) in [7, 11) is 1.33. The summed E-state index contributed by atoms with van der Waals surface area (Å²) in [6, 6.07) is 6.71. The van der Waals surface area contributed by atoms with E-state index in [0.29, 0.717) is 11.4 Å². The molecule has 1 heterocycles. The first kappa shape index (κ1) is 21.0. The highest BCUT2D eigenvalue weighted by Gasteiger charge is 2.24. The number of methoxy groups -OCH3 is 1. The zero-order valence-corrected chi connectivity index (χ0v) is 17.1. The molecule has 6 nitrogen and oxygen atoms in total. The van der Waals surface area contributed by atoms with Crippen LogP contribution in [-0.4, -0.2) is 34.8 Å². The number of aryl methyl sites for hydroxylation is 1. The largest absolute Gasteiger partial charge is 0.467 e. The van der Waals surface area contributed by atoms with Gasteiger partial charge in [0, 0.05) is 16.3 Å². The fourth-order valence-corrected chi connectivity index (χ4v) is 3.12. The number of rotatable bonds is 7. The van der Waals surface area contributed by atoms with Crippen molar-refractivity contribution in [3.8, 4) is 5.69 Å². The van der Waals surface area contributed by atoms with Crippen molar-refractivity contribution in [2.24, 2.45) is 5.92 Å². The van der Waals surface area contributed by atoms with Crippen molar-refractivity contribution in [1.29, 1.82) is 0 Å². The summed E-state index contributed by atoms with van der Waals surface area (Å²) >= 11 is 5.95. The molecule has 0 radical (unpaired) electrons. The van der Waals surface area contributed by atoms with Crippen LogP contribution in [0.3, 0.4) is 0 Å². The zero-order valence-electron chi connectivity index (χ0n) is 16.4. The molecule has 146 valence electrons. The van der Waals surface area contributed by atoms with Gasteiger partial charge >= 0.3 is 5.97 Å². The van der Waals surface area contributed by atoms with Gasteiger partial charge in [0.2, 0.25) is 5.91 Å². The van der Waals surface area contributed by atoms with Gasteiger partial charge in [-0.05, 0) is 50.5 Å². The number of hydrogen-bond acceptors (Lipinski definition) is 4. The fourth-order valence-electron chi connectivity index (χ4n) is 3.00. The first-order valence-corrected chi connectivity index (χ1v) is 9.29. The van der Waals surface area contributed by atoms with E-state index in [2.05, 4.69) is 10.4 Å². The average Bonchev–Trinajstić information content (AvgIpc) is 2.89. The quantitative estimate of drug-likeness (QED) is 0.734. The van der Waals surface area contributed by atoms with Crippen LogP contribution < -0.4 is 5.32 Å². The smallest absolute Gasteiger partial charge is 0.328 e. The topological polar surface area (TPSA) is 73.2 Å². The summed E-state index contributed by atoms with van der Waals surface area (Å²) in [6.07, 6.45) is 0.678. The molecule has 0 aliphatic carbocycles. The minimum Gasteiger partial charge on any atom is -0.467 e. The number of nitrogens with zero attached hydrogens (tertiary/aromatic N) is 2. The Balaban J connectivity index is 2.18. The summed E-state index contributed by atoms with van der Waals surface area (Å²) in [6.45, 7) is 7.77. The molecule has 1 amide bonds. The maximum Gasteiger partial charge on any atom is 0.328 e. The van der Waals surface area contributed by atoms with Crippen LogP contribution in [0.5, 0.6) is 0 Å². The molecule has 1 N–H and O–H groups in total. The third-order valence-electron chi connectivity index (χ3n) is 4.38. The molecule has 0 saturated carbocycles. The van der Waals surface area contributed by atoms with Gasteiger partial charge in [-0.2, -0.15) is 5.10 Å². The number of ether oxygens (including phenoxy) is 1. The van der Waals surface area contributed by atoms with E-state index in [1.807, 2.05) is 39.8 Å². The number of aromatic nitrogens is 2. The van der Waals surface area contributed by atoms with E-state index in [0.717, 1.165) is 22.6 Å². The molecule has 2 aromatic rings. The highest BCUT2D eigenvalue weighted by molar-refractivity contribution is 6.30. The lowest BCUT2D eigenvalue weighted by Crippen LogP contribution is -2.43. The Morgan fingerprint density at radius 2 is 1.85 bits per heavy atom. The monoisotopic (exact) mass is 391 g/mol. The third kappa shape index (κ3) is 5.32. The second-order valence-electron chi connectivity index (χ2n) is 6.99. The summed E-state index contributed by atoms with van der Waals surface area (Å²) in [5.41, 5.74) is 3.37. The van der Waals surface area contributed by atoms with Gasteiger partial charge in [-0.3, -0.25) is 4.79 Å². The van der Waals surface area contributed by atoms with E-state index in [-0.39, 0.29) is 18.2 Å². The number of hydrogen-bond donors (Lipinski definition) is 1. The molecule has 27 heavy (non-hydrogen) atoms. The zero-order chi connectivity index (χ0) is 20.1. The van der Waals surface area contributed by atoms with E-state index in [1.54, 1.807) is 16.8 Å². The maximum atomic E-state index is 12.5. The minimum atomic E-state index is -0.644. The van der Waals surface area contributed by atoms with Gasteiger partial charge in [0.15, 0.2) is 0 Å². The minimum absolute atomic E-state index is 0.150. The molecule has 7 heteroatoms. The molecule has 0 aliphatic rings. The van der Waals surface area contributed by atoms with Gasteiger partial charge < -0.3 is 10.1 Å². The number of benzene rings is 1. The highest BCUT2D eigenvalue weighted by atomic mass is 35.5. The van der Waals surface area contributed by atoms with Crippen LogP contribution in [0.15, 0.2) is 24.3 Å². The van der Waals surface area contributed by atoms with Crippen molar-refractivity contribution >= 4 is 23.5 Å². The molecule has 0 aliphatic heterocycles. The molecule has 0 spiro atoms. The second-order valence-corrected chi connectivity index (χ2v) is 7.42. The van der Waals surface area contributed by atoms with E-state index >= 15 is 0 Å². The predicted molar refractivity (Wildman–Crippen MR) is 105 cm³/mol. The van der Waals surface area contributed by atoms with Crippen LogP contribution in [-0.2, 0) is 20.7 Å². The summed E-state index contributed by atoms with van der Waals surface area (Å²) in [5, 5.41) is 7.99. The van der Waals surface area contributed by atoms with Gasteiger partial charge in [0.05, 0.1) is 24.9 Å². The summed E-state index contributed by atoms with van der Waals surface area (Å²) < 4.78 is 6.59. The molecule has 1 atom stereocenters. The number of carbonyl (C=O) groups is 2. The Labute approximate surface area is 164 Å². The maximum absolute atomic E-state index is 12.5. The molecule has 0 saturated heterocycles. The van der Waals surface area contributed by atoms with Crippen LogP contribution >= 0.6 is 11.6 Å². The normalized spacial score (nSPS) is 12.1. The van der Waals surface area contributed by atoms with Crippen molar-refractivity contribution in [3.05, 3.63) is 46.2 Å². The first-order chi connectivity index (χ1) is 12.7. The van der Waals surface area contributed by atoms with E-state index < -0.39 is 12.0 Å². The Kier molecular flexibility index (Phi) is 7.02. The Morgan fingerprint density at radius 1 is 1.22 bits per heavy atom. The fraction of sp³-hybridized carbons (Fsp3) is 0.450. The van der Waals surface area contributed by atoms with Gasteiger partial charge in [0.25, 0.3) is 0 Å². The van der Waals surface area contributed by atoms with Crippen LogP contribution in [0.2, 0.25) is 5.02 Å². The van der Waals surface area contributed by atoms with Gasteiger partial charge in [0.1, 0.15) is 6.04 Å². The molecular formula is C20H26ClN3O3. The number of halogens is 1. The Bertz CT molecular complexity index is 813. The summed E-state index contributed by atoms with van der Waals surface area (Å²) in [5.74, 6) is -0.402. The number of amides is 1. The molecule has 1 aromatic heterocycles. The standard InChI is InChI=1S/C20H26ClN3O3/c1-12(2)10-18(20(26)27-5)22-19(25)11-17-13(3)23-24(14(17)4)16-8-6-15(21)7-9-16/h6-9,12,18H,10-11H2,1-5H3,(H,22,25). The predicted octanol–water partition coefficient (Wildman–Crippen LogP) is 3.39. The lowest BCUT2D eigenvalue weighted by Gasteiger charge is -2.18. The highest BCUT2D eigenvalue weighted by Crippen LogP contribution is 2.20. The van der Waals surface area contributed by atoms with E-state index in [4.69, 9.17) is 16.3 Å². The Hall–Kier alpha value is -2.34. The van der Waals surface area contributed by atoms with Gasteiger partial charge in [-0.15, -0.1) is 0 Å². The number of esters is 1. The van der Waals surface area contributed by atoms with Crippen LogP contribution in [0.25, 0.3) is 5.69 Å². The lowest BCUT2D eigenvalue weighted by molar-refractivity contribution is -0.145. The number of nitrogens with one attached hydrogen (secondary N) is 1. The molecule has 1 unspecified atom stereocenters. The third-order valence-corrected chi connectivity index (χ3v) is 4.63. The SMILES string of the molecule is COC(=O)C(CC(C)C)NC(=O)Cc1c(C)nn(-c2ccc(Cl)cc2)c1C. The van der Waals surface area contributed by atoms with E-state index in [1.165, 1.54) is 7.11 Å². The van der Waals surface area contributed by atoms with Gasteiger partial charge in [-0.1, -0.05) is 25.4 Å². The van der Waals surface area contributed by atoms with Crippen molar-refractivity contribution < 1.29 is 14.3 Å². The molecule has 0 bridgehead atoms. The summed E-state index contributed by atoms with van der Waals surface area (Å²) in [4.78, 5) is 24.5. The number of carbonyl (C=O) groups excluding carboxylic acids is 2. The molecule has 2 rings (SSSR count). The molecular weight excluding hydrogens is 366 g/mol. The first-order valence-electron chi connectivity index (χ1n) is 8.91. The molecule has 1 aromatic carbocycles.